The predicted molar refractivity (Wildman–Crippen MR) is 148 cm³/mol. The van der Waals surface area contributed by atoms with E-state index in [2.05, 4.69) is 35.2 Å². The fraction of sp³-hybridized carbons (Fsp3) is 0.562. The second-order valence-electron chi connectivity index (χ2n) is 10.7. The second kappa shape index (κ2) is 17.1. The third-order valence-electron chi connectivity index (χ3n) is 7.89. The molecule has 1 fully saturated rings. The van der Waals surface area contributed by atoms with Gasteiger partial charge in [0.15, 0.2) is 17.3 Å². The monoisotopic (exact) mass is 545 g/mol. The van der Waals surface area contributed by atoms with Crippen LogP contribution in [-0.2, 0) is 17.8 Å². The van der Waals surface area contributed by atoms with Gasteiger partial charge in [-0.05, 0) is 86.7 Å². The Bertz CT molecular complexity index is 1030. The first-order valence-corrected chi connectivity index (χ1v) is 14.2. The predicted octanol–water partition coefficient (Wildman–Crippen LogP) is 2.32. The number of ether oxygens (including phenoxy) is 2. The molecule has 1 aliphatic heterocycles. The summed E-state index contributed by atoms with van der Waals surface area (Å²) in [4.78, 5) is 25.8. The van der Waals surface area contributed by atoms with Crippen LogP contribution in [-0.4, -0.2) is 44.0 Å². The van der Waals surface area contributed by atoms with Crippen LogP contribution in [0.1, 0.15) is 80.3 Å². The minimum Gasteiger partial charge on any atom is -0.550 e. The molecule has 7 heteroatoms. The van der Waals surface area contributed by atoms with E-state index in [0.717, 1.165) is 69.3 Å². The summed E-state index contributed by atoms with van der Waals surface area (Å²) >= 11 is 0. The molecule has 0 bridgehead atoms. The fourth-order valence-corrected chi connectivity index (χ4v) is 5.79. The van der Waals surface area contributed by atoms with Gasteiger partial charge < -0.3 is 19.4 Å². The molecule has 1 aliphatic carbocycles. The van der Waals surface area contributed by atoms with Gasteiger partial charge in [-0.2, -0.15) is 0 Å². The van der Waals surface area contributed by atoms with Crippen LogP contribution in [0.25, 0.3) is 0 Å². The number of rotatable bonds is 11. The summed E-state index contributed by atoms with van der Waals surface area (Å²) in [6.07, 6.45) is 7.57. The molecule has 0 amide bonds. The van der Waals surface area contributed by atoms with E-state index in [4.69, 9.17) is 9.47 Å². The average Bonchev–Trinajstić information content (AvgIpc) is 3.23. The van der Waals surface area contributed by atoms with Crippen molar-refractivity contribution in [3.8, 4) is 11.5 Å². The molecule has 0 saturated carbocycles. The summed E-state index contributed by atoms with van der Waals surface area (Å²) in [7, 11) is 3.26. The maximum absolute atomic E-state index is 12.9. The second-order valence-corrected chi connectivity index (χ2v) is 10.7. The topological polar surface area (TPSA) is 78.9 Å². The van der Waals surface area contributed by atoms with E-state index in [9.17, 15) is 14.7 Å². The maximum Gasteiger partial charge on any atom is 1.00 e. The normalized spacial score (nSPS) is 17.2. The minimum atomic E-state index is -0.885. The van der Waals surface area contributed by atoms with Crippen molar-refractivity contribution >= 4 is 11.8 Å². The Labute approximate surface area is 256 Å². The zero-order valence-corrected chi connectivity index (χ0v) is 26.5. The molecule has 0 aromatic heterocycles. The van der Waals surface area contributed by atoms with Crippen molar-refractivity contribution in [2.24, 2.45) is 17.8 Å². The summed E-state index contributed by atoms with van der Waals surface area (Å²) < 4.78 is 10.8. The quantitative estimate of drug-likeness (QED) is 0.404. The van der Waals surface area contributed by atoms with Crippen LogP contribution in [0.3, 0.4) is 0 Å². The average molecular weight is 546 g/mol. The summed E-state index contributed by atoms with van der Waals surface area (Å²) in [5.74, 6) is 1.28. The molecule has 2 aromatic carbocycles. The number of aliphatic carboxylic acids is 1. The van der Waals surface area contributed by atoms with Gasteiger partial charge in [0.25, 0.3) is 0 Å². The Morgan fingerprint density at radius 1 is 1.00 bits per heavy atom. The molecular formula is C32H44NNaO5. The Hall–Kier alpha value is -1.86. The van der Waals surface area contributed by atoms with Crippen molar-refractivity contribution in [2.45, 2.75) is 71.8 Å². The van der Waals surface area contributed by atoms with Gasteiger partial charge in [-0.25, -0.2) is 0 Å². The van der Waals surface area contributed by atoms with Crippen molar-refractivity contribution in [3.63, 3.8) is 0 Å². The van der Waals surface area contributed by atoms with Gasteiger partial charge in [0.2, 0.25) is 0 Å². The number of methoxy groups -OCH3 is 2. The SMILES string of the molecule is CCCC(CCC)C(=O)[O-].COc1cc2c(cc1OC)C(=O)C(CC1CCN(Cc3ccccc3)CC1)C2.[Na+]. The Balaban J connectivity index is 0.000000417. The molecule has 208 valence electrons. The number of ketones is 1. The molecule has 0 spiro atoms. The van der Waals surface area contributed by atoms with E-state index in [1.807, 2.05) is 26.0 Å². The molecular weight excluding hydrogens is 501 g/mol. The summed E-state index contributed by atoms with van der Waals surface area (Å²) in [5.41, 5.74) is 3.31. The van der Waals surface area contributed by atoms with Crippen LogP contribution in [0.2, 0.25) is 0 Å². The zero-order valence-electron chi connectivity index (χ0n) is 24.5. The molecule has 2 aliphatic rings. The maximum atomic E-state index is 12.9. The molecule has 1 heterocycles. The molecule has 4 rings (SSSR count). The van der Waals surface area contributed by atoms with Gasteiger partial charge in [-0.1, -0.05) is 57.0 Å². The summed E-state index contributed by atoms with van der Waals surface area (Å²) in [6.45, 7) is 7.25. The van der Waals surface area contributed by atoms with E-state index in [-0.39, 0.29) is 47.2 Å². The van der Waals surface area contributed by atoms with E-state index in [1.54, 1.807) is 14.2 Å². The number of carboxylic acids is 1. The molecule has 1 saturated heterocycles. The molecule has 39 heavy (non-hydrogen) atoms. The van der Waals surface area contributed by atoms with Gasteiger partial charge in [0, 0.05) is 24.0 Å². The summed E-state index contributed by atoms with van der Waals surface area (Å²) in [5, 5.41) is 10.4. The van der Waals surface area contributed by atoms with Gasteiger partial charge in [0.1, 0.15) is 0 Å². The van der Waals surface area contributed by atoms with Crippen LogP contribution >= 0.6 is 0 Å². The van der Waals surface area contributed by atoms with Crippen molar-refractivity contribution in [3.05, 3.63) is 59.2 Å². The number of fused-ring (bicyclic) bond motifs is 1. The first kappa shape index (κ1) is 33.3. The van der Waals surface area contributed by atoms with Gasteiger partial charge in [-0.15, -0.1) is 0 Å². The number of Topliss-reactive ketones (excluding diaryl/α,β-unsaturated/α-hetero) is 1. The van der Waals surface area contributed by atoms with Crippen molar-refractivity contribution in [1.82, 2.24) is 4.90 Å². The van der Waals surface area contributed by atoms with Gasteiger partial charge in [0.05, 0.1) is 14.2 Å². The number of carbonyl (C=O) groups is 2. The Kier molecular flexibility index (Phi) is 14.6. The standard InChI is InChI=1S/C24H29NO3.C8H16O2.Na/c1-27-22-14-19-13-20(24(26)21(19)15-23(22)28-2)12-17-8-10-25(11-9-17)16-18-6-4-3-5-7-18;1-3-5-7(6-4-2)8(9)10;/h3-7,14-15,17,20H,8-13,16H2,1-2H3;7H,3-6H2,1-2H3,(H,9,10);/q;;+1/p-1. The van der Waals surface area contributed by atoms with Crippen molar-refractivity contribution in [1.29, 1.82) is 0 Å². The molecule has 1 unspecified atom stereocenters. The van der Waals surface area contributed by atoms with Crippen LogP contribution in [0, 0.1) is 17.8 Å². The van der Waals surface area contributed by atoms with Crippen LogP contribution in [0.15, 0.2) is 42.5 Å². The number of carboxylic acid groups (broad SMARTS) is 1. The molecule has 1 atom stereocenters. The first-order valence-electron chi connectivity index (χ1n) is 14.2. The Morgan fingerprint density at radius 2 is 1.59 bits per heavy atom. The van der Waals surface area contributed by atoms with Gasteiger partial charge >= 0.3 is 29.6 Å². The molecule has 0 radical (unpaired) electrons. The number of nitrogens with zero attached hydrogens (tertiary/aromatic N) is 1. The first-order chi connectivity index (χ1) is 18.4. The van der Waals surface area contributed by atoms with Crippen molar-refractivity contribution in [2.75, 3.05) is 27.3 Å². The number of likely N-dealkylation sites (tertiary alicyclic amines) is 1. The number of carbonyl (C=O) groups excluding carboxylic acids is 2. The Morgan fingerprint density at radius 3 is 2.13 bits per heavy atom. The van der Waals surface area contributed by atoms with E-state index < -0.39 is 5.97 Å². The minimum absolute atomic E-state index is 0. The largest absolute Gasteiger partial charge is 1.00 e. The molecule has 6 nitrogen and oxygen atoms in total. The molecule has 2 aromatic rings. The van der Waals surface area contributed by atoms with Crippen LogP contribution < -0.4 is 44.1 Å². The number of hydrogen-bond acceptors (Lipinski definition) is 6. The van der Waals surface area contributed by atoms with E-state index >= 15 is 0 Å². The third-order valence-corrected chi connectivity index (χ3v) is 7.89. The van der Waals surface area contributed by atoms with Gasteiger partial charge in [-0.3, -0.25) is 9.69 Å². The zero-order chi connectivity index (χ0) is 27.5. The van der Waals surface area contributed by atoms with Crippen LogP contribution in [0.5, 0.6) is 11.5 Å². The molecule has 0 N–H and O–H groups in total. The number of benzene rings is 2. The van der Waals surface area contributed by atoms with Crippen molar-refractivity contribution < 1.29 is 53.7 Å². The fourth-order valence-electron chi connectivity index (χ4n) is 5.79. The summed E-state index contributed by atoms with van der Waals surface area (Å²) in [6, 6.07) is 14.5. The van der Waals surface area contributed by atoms with E-state index in [1.165, 1.54) is 18.4 Å². The third kappa shape index (κ3) is 9.63. The smallest absolute Gasteiger partial charge is 0.550 e. The number of piperidine rings is 1. The number of hydrogen-bond donors (Lipinski definition) is 0. The van der Waals surface area contributed by atoms with E-state index in [0.29, 0.717) is 17.4 Å². The van der Waals surface area contributed by atoms with Crippen LogP contribution in [0.4, 0.5) is 0 Å².